The van der Waals surface area contributed by atoms with E-state index in [1.807, 2.05) is 72.8 Å². The second-order valence-corrected chi connectivity index (χ2v) is 6.89. The van der Waals surface area contributed by atoms with Gasteiger partial charge < -0.3 is 23.0 Å². The van der Waals surface area contributed by atoms with Crippen LogP contribution in [-0.2, 0) is 4.79 Å². The number of nitrogens with zero attached hydrogens (tertiary/aromatic N) is 1. The van der Waals surface area contributed by atoms with Crippen molar-refractivity contribution in [3.05, 3.63) is 84.9 Å². The Kier molecular flexibility index (Phi) is 8.25. The Morgan fingerprint density at radius 3 is 1.76 bits per heavy atom. The van der Waals surface area contributed by atoms with Gasteiger partial charge in [-0.05, 0) is 62.4 Å². The molecule has 3 aromatic carbocycles. The minimum Gasteiger partial charge on any atom is -1.00 e. The third-order valence-electron chi connectivity index (χ3n) is 5.19. The number of quaternary nitrogens is 1. The molecule has 0 fully saturated rings. The van der Waals surface area contributed by atoms with Crippen LogP contribution in [0.1, 0.15) is 13.8 Å². The average Bonchev–Trinajstić information content (AvgIpc) is 2.75. The van der Waals surface area contributed by atoms with Crippen LogP contribution in [-0.4, -0.2) is 25.5 Å². The van der Waals surface area contributed by atoms with E-state index in [1.54, 1.807) is 0 Å². The van der Waals surface area contributed by atoms with Crippen molar-refractivity contribution in [2.45, 2.75) is 13.8 Å². The van der Waals surface area contributed by atoms with E-state index in [-0.39, 0.29) is 18.3 Å². The lowest BCUT2D eigenvalue weighted by molar-refractivity contribution is -0.117. The average molecular weight is 410 g/mol. The molecular weight excluding hydrogens is 382 g/mol. The van der Waals surface area contributed by atoms with Gasteiger partial charge in [0.2, 0.25) is 0 Å². The molecule has 0 bridgehead atoms. The van der Waals surface area contributed by atoms with Gasteiger partial charge in [0.15, 0.2) is 6.54 Å². The monoisotopic (exact) mass is 409 g/mol. The molecule has 5 heteroatoms. The second kappa shape index (κ2) is 10.6. The number of nitrogens with one attached hydrogen (secondary N) is 2. The molecule has 0 aliphatic carbocycles. The number of rotatable bonds is 8. The molecule has 3 rings (SSSR count). The molecule has 1 amide bonds. The summed E-state index contributed by atoms with van der Waals surface area (Å²) in [5, 5.41) is 6.39. The van der Waals surface area contributed by atoms with Gasteiger partial charge in [0.1, 0.15) is 5.69 Å². The number of carbonyl (C=O) groups is 1. The van der Waals surface area contributed by atoms with Crippen molar-refractivity contribution in [3.8, 4) is 0 Å². The van der Waals surface area contributed by atoms with Crippen LogP contribution >= 0.6 is 0 Å². The summed E-state index contributed by atoms with van der Waals surface area (Å²) in [6, 6.07) is 28.1. The first-order valence-electron chi connectivity index (χ1n) is 9.79. The van der Waals surface area contributed by atoms with Crippen molar-refractivity contribution in [1.82, 2.24) is 4.48 Å². The van der Waals surface area contributed by atoms with Crippen LogP contribution in [0, 0.1) is 0 Å². The topological polar surface area (TPSA) is 41.1 Å². The van der Waals surface area contributed by atoms with Crippen molar-refractivity contribution in [1.29, 1.82) is 0 Å². The van der Waals surface area contributed by atoms with Crippen LogP contribution in [0.25, 0.3) is 0 Å². The summed E-state index contributed by atoms with van der Waals surface area (Å²) >= 11 is 0. The molecule has 0 saturated heterocycles. The first-order valence-corrected chi connectivity index (χ1v) is 9.79. The number of anilines is 3. The van der Waals surface area contributed by atoms with E-state index >= 15 is 0 Å². The fourth-order valence-electron chi connectivity index (χ4n) is 3.45. The molecule has 4 nitrogen and oxygen atoms in total. The van der Waals surface area contributed by atoms with Gasteiger partial charge in [-0.1, -0.05) is 36.4 Å². The lowest BCUT2D eigenvalue weighted by Crippen LogP contribution is -3.00. The molecule has 0 unspecified atom stereocenters. The Bertz CT molecular complexity index is 879. The van der Waals surface area contributed by atoms with Gasteiger partial charge in [-0.2, -0.15) is 0 Å². The van der Waals surface area contributed by atoms with Crippen LogP contribution in [0.3, 0.4) is 0 Å². The number of likely N-dealkylation sites (N-methyl/N-ethyl adjacent to an activating group) is 1. The fourth-order valence-corrected chi connectivity index (χ4v) is 3.45. The number of benzene rings is 3. The molecule has 152 valence electrons. The summed E-state index contributed by atoms with van der Waals surface area (Å²) in [6.45, 7) is 6.42. The molecule has 29 heavy (non-hydrogen) atoms. The fraction of sp³-hybridized carbons (Fsp3) is 0.208. The van der Waals surface area contributed by atoms with Gasteiger partial charge in [-0.3, -0.25) is 9.28 Å². The highest BCUT2D eigenvalue weighted by Gasteiger charge is 2.29. The zero-order valence-electron chi connectivity index (χ0n) is 16.9. The molecule has 0 atom stereocenters. The first-order chi connectivity index (χ1) is 13.6. The maximum Gasteiger partial charge on any atom is 0.280 e. The molecule has 0 aromatic heterocycles. The molecule has 0 saturated carbocycles. The Morgan fingerprint density at radius 2 is 1.21 bits per heavy atom. The lowest BCUT2D eigenvalue weighted by atomic mass is 10.2. The Labute approximate surface area is 179 Å². The van der Waals surface area contributed by atoms with Gasteiger partial charge in [-0.15, -0.1) is 0 Å². The smallest absolute Gasteiger partial charge is 0.280 e. The van der Waals surface area contributed by atoms with Gasteiger partial charge in [0.25, 0.3) is 5.91 Å². The Balaban J connectivity index is 0.00000300. The minimum atomic E-state index is 0. The highest BCUT2D eigenvalue weighted by Crippen LogP contribution is 2.23. The van der Waals surface area contributed by atoms with Crippen molar-refractivity contribution in [2.24, 2.45) is 0 Å². The van der Waals surface area contributed by atoms with Crippen molar-refractivity contribution >= 4 is 28.7 Å². The van der Waals surface area contributed by atoms with Crippen LogP contribution in [0.5, 0.6) is 0 Å². The summed E-state index contributed by atoms with van der Waals surface area (Å²) < 4.78 is 0.639. The molecule has 3 aromatic rings. The number of amides is 1. The van der Waals surface area contributed by atoms with E-state index in [0.29, 0.717) is 11.0 Å². The predicted octanol–water partition coefficient (Wildman–Crippen LogP) is 2.42. The third-order valence-corrected chi connectivity index (χ3v) is 5.19. The number of carbonyl (C=O) groups excluding carboxylic acids is 1. The van der Waals surface area contributed by atoms with E-state index < -0.39 is 0 Å². The Hall–Kier alpha value is -2.82. The summed E-state index contributed by atoms with van der Waals surface area (Å²) in [5.74, 6) is 0.0244. The van der Waals surface area contributed by atoms with Crippen LogP contribution in [0.2, 0.25) is 0 Å². The third kappa shape index (κ3) is 5.83. The SMILES string of the molecule is CC[N+](CC)(CC(=O)Nc1ccc(Nc2ccccc2)cc1)c1ccccc1.[Cl-]. The zero-order valence-corrected chi connectivity index (χ0v) is 17.7. The van der Waals surface area contributed by atoms with Gasteiger partial charge in [-0.25, -0.2) is 0 Å². The van der Waals surface area contributed by atoms with Crippen molar-refractivity contribution in [2.75, 3.05) is 30.3 Å². The van der Waals surface area contributed by atoms with E-state index in [2.05, 4.69) is 36.6 Å². The molecule has 0 spiro atoms. The van der Waals surface area contributed by atoms with E-state index in [9.17, 15) is 4.79 Å². The summed E-state index contributed by atoms with van der Waals surface area (Å²) in [5.41, 5.74) is 4.00. The second-order valence-electron chi connectivity index (χ2n) is 6.89. The molecule has 0 aliphatic heterocycles. The van der Waals surface area contributed by atoms with Crippen LogP contribution in [0.15, 0.2) is 84.9 Å². The maximum absolute atomic E-state index is 12.8. The van der Waals surface area contributed by atoms with Gasteiger partial charge >= 0.3 is 0 Å². The summed E-state index contributed by atoms with van der Waals surface area (Å²) in [4.78, 5) is 12.8. The van der Waals surface area contributed by atoms with E-state index in [1.165, 1.54) is 5.69 Å². The lowest BCUT2D eigenvalue weighted by Gasteiger charge is -2.35. The van der Waals surface area contributed by atoms with Crippen LogP contribution in [0.4, 0.5) is 22.7 Å². The highest BCUT2D eigenvalue weighted by molar-refractivity contribution is 5.93. The number of para-hydroxylation sites is 2. The van der Waals surface area contributed by atoms with Crippen molar-refractivity contribution in [3.63, 3.8) is 0 Å². The number of hydrogen-bond donors (Lipinski definition) is 2. The first kappa shape index (κ1) is 22.5. The van der Waals surface area contributed by atoms with Gasteiger partial charge in [0, 0.05) is 17.1 Å². The maximum atomic E-state index is 12.8. The molecular formula is C24H28ClN3O. The largest absolute Gasteiger partial charge is 1.00 e. The zero-order chi connectivity index (χ0) is 19.8. The molecule has 0 radical (unpaired) electrons. The summed E-state index contributed by atoms with van der Waals surface area (Å²) in [7, 11) is 0. The molecule has 0 aliphatic rings. The molecule has 0 heterocycles. The standard InChI is InChI=1S/C24H27N3O.ClH/c1-3-27(4-2,23-13-9-6-10-14-23)19-24(28)26-22-17-15-21(16-18-22)25-20-11-7-5-8-12-20;/h5-18,25H,3-4,19H2,1-2H3;1H. The minimum absolute atomic E-state index is 0. The Morgan fingerprint density at radius 1 is 0.724 bits per heavy atom. The summed E-state index contributed by atoms with van der Waals surface area (Å²) in [6.07, 6.45) is 0. The van der Waals surface area contributed by atoms with Crippen molar-refractivity contribution < 1.29 is 17.2 Å². The van der Waals surface area contributed by atoms with E-state index in [4.69, 9.17) is 0 Å². The van der Waals surface area contributed by atoms with E-state index in [0.717, 1.165) is 30.2 Å². The normalized spacial score (nSPS) is 10.7. The predicted molar refractivity (Wildman–Crippen MR) is 119 cm³/mol. The van der Waals surface area contributed by atoms with Gasteiger partial charge in [0.05, 0.1) is 13.1 Å². The number of hydrogen-bond acceptors (Lipinski definition) is 2. The molecule has 2 N–H and O–H groups in total. The highest BCUT2D eigenvalue weighted by atomic mass is 35.5. The van der Waals surface area contributed by atoms with Crippen LogP contribution < -0.4 is 27.5 Å². The number of halogens is 1. The quantitative estimate of drug-likeness (QED) is 0.561.